The van der Waals surface area contributed by atoms with Crippen LogP contribution in [0.25, 0.3) is 111 Å². The highest BCUT2D eigenvalue weighted by Gasteiger charge is 2.24. The number of rotatable bonds is 5. The predicted molar refractivity (Wildman–Crippen MR) is 234 cm³/mol. The number of fused-ring (bicyclic) bond motifs is 10. The molecule has 0 radical (unpaired) electrons. The summed E-state index contributed by atoms with van der Waals surface area (Å²) in [5, 5.41) is 6.86. The average molecular weight is 729 g/mol. The molecule has 0 aliphatic rings. The van der Waals surface area contributed by atoms with E-state index >= 15 is 0 Å². The maximum Gasteiger partial charge on any atom is 0.160 e. The zero-order chi connectivity index (χ0) is 37.5. The Morgan fingerprint density at radius 2 is 0.877 bits per heavy atom. The van der Waals surface area contributed by atoms with E-state index in [0.717, 1.165) is 83.5 Å². The smallest absolute Gasteiger partial charge is 0.160 e. The Bertz CT molecular complexity index is 3450. The maximum atomic E-state index is 6.76. The van der Waals surface area contributed by atoms with Crippen LogP contribution in [0.5, 0.6) is 0 Å². The van der Waals surface area contributed by atoms with Gasteiger partial charge in [0.15, 0.2) is 5.82 Å². The molecule has 4 aromatic heterocycles. The number of aromatic nitrogens is 4. The lowest BCUT2D eigenvalue weighted by Gasteiger charge is -2.15. The highest BCUT2D eigenvalue weighted by Crippen LogP contribution is 2.45. The second-order valence-corrected chi connectivity index (χ2v) is 14.6. The van der Waals surface area contributed by atoms with Gasteiger partial charge in [0, 0.05) is 49.3 Å². The quantitative estimate of drug-likeness (QED) is 0.177. The topological polar surface area (TPSA) is 48.8 Å². The van der Waals surface area contributed by atoms with Crippen LogP contribution in [0, 0.1) is 0 Å². The molecule has 0 spiro atoms. The molecular weight excluding hydrogens is 697 g/mol. The third-order valence-corrected chi connectivity index (χ3v) is 11.3. The number of para-hydroxylation sites is 4. The molecule has 8 aromatic carbocycles. The van der Waals surface area contributed by atoms with Crippen molar-refractivity contribution < 1.29 is 4.42 Å². The first-order valence-electron chi connectivity index (χ1n) is 19.3. The molecule has 0 bridgehead atoms. The van der Waals surface area contributed by atoms with Gasteiger partial charge in [-0.2, -0.15) is 0 Å². The lowest BCUT2D eigenvalue weighted by Crippen LogP contribution is -2.01. The summed E-state index contributed by atoms with van der Waals surface area (Å²) in [7, 11) is 0. The van der Waals surface area contributed by atoms with Crippen LogP contribution in [0.2, 0.25) is 0 Å². The molecule has 57 heavy (non-hydrogen) atoms. The Morgan fingerprint density at radius 1 is 0.368 bits per heavy atom. The highest BCUT2D eigenvalue weighted by atomic mass is 16.3. The molecular formula is C52H32N4O. The maximum absolute atomic E-state index is 6.76. The Morgan fingerprint density at radius 3 is 1.51 bits per heavy atom. The first-order chi connectivity index (χ1) is 28.3. The minimum atomic E-state index is 0.628. The SMILES string of the molecule is c1ccc(-c2cc(-c3ccccc3)nc(-c3cc(-n4c5ccccc5c5ccc6c7ccccc7n(-c7ccccc7)c6c54)c4c(c3)oc3ccccc34)n2)cc1. The van der Waals surface area contributed by atoms with Crippen LogP contribution in [-0.2, 0) is 0 Å². The summed E-state index contributed by atoms with van der Waals surface area (Å²) in [6, 6.07) is 68.2. The zero-order valence-electron chi connectivity index (χ0n) is 30.7. The average Bonchev–Trinajstić information content (AvgIpc) is 3.95. The Hall–Kier alpha value is -7.76. The third kappa shape index (κ3) is 4.82. The number of furan rings is 1. The molecule has 4 heterocycles. The largest absolute Gasteiger partial charge is 0.456 e. The molecule has 0 unspecified atom stereocenters. The minimum Gasteiger partial charge on any atom is -0.456 e. The fourth-order valence-electron chi connectivity index (χ4n) is 8.82. The van der Waals surface area contributed by atoms with Crippen LogP contribution < -0.4 is 0 Å². The van der Waals surface area contributed by atoms with Crippen molar-refractivity contribution in [3.05, 3.63) is 194 Å². The highest BCUT2D eigenvalue weighted by molar-refractivity contribution is 6.25. The Labute approximate surface area is 327 Å². The van der Waals surface area contributed by atoms with E-state index in [1.54, 1.807) is 0 Å². The van der Waals surface area contributed by atoms with Gasteiger partial charge in [-0.05, 0) is 48.5 Å². The van der Waals surface area contributed by atoms with Gasteiger partial charge in [-0.3, -0.25) is 0 Å². The number of nitrogens with zero attached hydrogens (tertiary/aromatic N) is 4. The molecule has 0 saturated heterocycles. The summed E-state index contributed by atoms with van der Waals surface area (Å²) in [6.07, 6.45) is 0. The lowest BCUT2D eigenvalue weighted by molar-refractivity contribution is 0.669. The number of hydrogen-bond donors (Lipinski definition) is 0. The van der Waals surface area contributed by atoms with Gasteiger partial charge >= 0.3 is 0 Å². The van der Waals surface area contributed by atoms with Crippen molar-refractivity contribution in [3.63, 3.8) is 0 Å². The van der Waals surface area contributed by atoms with Crippen LogP contribution >= 0.6 is 0 Å². The molecule has 0 atom stereocenters. The molecule has 12 rings (SSSR count). The van der Waals surface area contributed by atoms with Crippen molar-refractivity contribution >= 4 is 65.6 Å². The van der Waals surface area contributed by atoms with E-state index in [1.165, 1.54) is 21.5 Å². The first-order valence-corrected chi connectivity index (χ1v) is 19.3. The molecule has 0 saturated carbocycles. The summed E-state index contributed by atoms with van der Waals surface area (Å²) in [6.45, 7) is 0. The van der Waals surface area contributed by atoms with Crippen LogP contribution in [0.1, 0.15) is 0 Å². The van der Waals surface area contributed by atoms with Crippen LogP contribution in [0.4, 0.5) is 0 Å². The van der Waals surface area contributed by atoms with Crippen molar-refractivity contribution in [2.24, 2.45) is 0 Å². The molecule has 0 amide bonds. The van der Waals surface area contributed by atoms with E-state index in [0.29, 0.717) is 5.82 Å². The zero-order valence-corrected chi connectivity index (χ0v) is 30.7. The monoisotopic (exact) mass is 728 g/mol. The predicted octanol–water partition coefficient (Wildman–Crippen LogP) is 13.6. The molecule has 0 fully saturated rings. The second kappa shape index (κ2) is 12.4. The molecule has 5 nitrogen and oxygen atoms in total. The van der Waals surface area contributed by atoms with E-state index in [4.69, 9.17) is 14.4 Å². The lowest BCUT2D eigenvalue weighted by atomic mass is 10.0. The van der Waals surface area contributed by atoms with Gasteiger partial charge in [0.2, 0.25) is 0 Å². The van der Waals surface area contributed by atoms with Gasteiger partial charge in [-0.1, -0.05) is 146 Å². The van der Waals surface area contributed by atoms with Gasteiger partial charge in [0.25, 0.3) is 0 Å². The molecule has 0 aliphatic carbocycles. The number of benzene rings is 8. The fraction of sp³-hybridized carbons (Fsp3) is 0. The third-order valence-electron chi connectivity index (χ3n) is 11.3. The van der Waals surface area contributed by atoms with Crippen molar-refractivity contribution in [3.8, 4) is 45.3 Å². The summed E-state index contributed by atoms with van der Waals surface area (Å²) in [5.74, 6) is 0.628. The second-order valence-electron chi connectivity index (χ2n) is 14.6. The molecule has 12 aromatic rings. The van der Waals surface area contributed by atoms with E-state index in [-0.39, 0.29) is 0 Å². The molecule has 0 aliphatic heterocycles. The van der Waals surface area contributed by atoms with E-state index in [1.807, 2.05) is 18.2 Å². The summed E-state index contributed by atoms with van der Waals surface area (Å²) in [4.78, 5) is 10.5. The van der Waals surface area contributed by atoms with Gasteiger partial charge in [0.1, 0.15) is 11.2 Å². The van der Waals surface area contributed by atoms with Gasteiger partial charge < -0.3 is 13.6 Å². The van der Waals surface area contributed by atoms with Gasteiger partial charge in [-0.25, -0.2) is 9.97 Å². The van der Waals surface area contributed by atoms with Crippen molar-refractivity contribution in [1.29, 1.82) is 0 Å². The van der Waals surface area contributed by atoms with Crippen LogP contribution in [0.15, 0.2) is 199 Å². The summed E-state index contributed by atoms with van der Waals surface area (Å²) >= 11 is 0. The summed E-state index contributed by atoms with van der Waals surface area (Å²) in [5.41, 5.74) is 12.9. The van der Waals surface area contributed by atoms with E-state index < -0.39 is 0 Å². The molecule has 5 heteroatoms. The van der Waals surface area contributed by atoms with Crippen LogP contribution in [0.3, 0.4) is 0 Å². The van der Waals surface area contributed by atoms with Gasteiger partial charge in [0.05, 0.1) is 44.5 Å². The van der Waals surface area contributed by atoms with Crippen molar-refractivity contribution in [2.75, 3.05) is 0 Å². The summed E-state index contributed by atoms with van der Waals surface area (Å²) < 4.78 is 11.6. The number of hydrogen-bond acceptors (Lipinski definition) is 3. The standard InChI is InChI=1S/C52H32N4O/c1-4-16-33(17-5-1)42-32-43(34-18-6-2-7-19-34)54-52(53-42)35-30-46(49-41-24-12-15-27-47(41)57-48(49)31-35)56-45-26-14-11-23-38(45)40-29-28-39-37-22-10-13-25-44(37)55(50(39)51(40)56)36-20-8-3-9-21-36/h1-32H. The minimum absolute atomic E-state index is 0.628. The molecule has 266 valence electrons. The van der Waals surface area contributed by atoms with E-state index in [9.17, 15) is 0 Å². The fourth-order valence-corrected chi connectivity index (χ4v) is 8.82. The van der Waals surface area contributed by atoms with Crippen LogP contribution in [-0.4, -0.2) is 19.1 Å². The first kappa shape index (κ1) is 31.6. The Kier molecular flexibility index (Phi) is 6.86. The van der Waals surface area contributed by atoms with Crippen molar-refractivity contribution in [1.82, 2.24) is 19.1 Å². The van der Waals surface area contributed by atoms with Crippen molar-refractivity contribution in [2.45, 2.75) is 0 Å². The Balaban J connectivity index is 1.25. The normalized spacial score (nSPS) is 11.9. The van der Waals surface area contributed by atoms with E-state index in [2.05, 4.69) is 185 Å². The molecule has 0 N–H and O–H groups in total. The van der Waals surface area contributed by atoms with Gasteiger partial charge in [-0.15, -0.1) is 0 Å².